The fourth-order valence-corrected chi connectivity index (χ4v) is 2.24. The number of rotatable bonds is 4. The number of hydrogen-bond donors (Lipinski definition) is 1. The van der Waals surface area contributed by atoms with E-state index in [0.717, 1.165) is 12.3 Å². The van der Waals surface area contributed by atoms with Gasteiger partial charge in [-0.2, -0.15) is 11.8 Å². The molecule has 1 aromatic carbocycles. The van der Waals surface area contributed by atoms with E-state index in [9.17, 15) is 0 Å². The minimum Gasteiger partial charge on any atom is -0.329 e. The van der Waals surface area contributed by atoms with Crippen LogP contribution in [0.4, 0.5) is 0 Å². The fourth-order valence-electron chi connectivity index (χ4n) is 1.46. The first-order chi connectivity index (χ1) is 6.61. The van der Waals surface area contributed by atoms with Crippen LogP contribution in [0.15, 0.2) is 18.2 Å². The van der Waals surface area contributed by atoms with E-state index in [1.165, 1.54) is 16.7 Å². The summed E-state index contributed by atoms with van der Waals surface area (Å²) in [5.74, 6) is 1.07. The molecule has 0 spiro atoms. The molecule has 0 aromatic heterocycles. The van der Waals surface area contributed by atoms with Gasteiger partial charge in [0, 0.05) is 17.5 Å². The standard InChI is InChI=1S/C12H19NS/c1-9-4-10(2)6-12(5-9)8-14-11(3)7-13/h4-6,11H,7-8,13H2,1-3H3. The summed E-state index contributed by atoms with van der Waals surface area (Å²) in [5.41, 5.74) is 9.68. The van der Waals surface area contributed by atoms with Crippen molar-refractivity contribution in [1.29, 1.82) is 0 Å². The quantitative estimate of drug-likeness (QED) is 0.825. The molecule has 0 heterocycles. The Hall–Kier alpha value is -0.470. The molecule has 0 radical (unpaired) electrons. The Morgan fingerprint density at radius 3 is 2.29 bits per heavy atom. The molecule has 0 saturated carbocycles. The van der Waals surface area contributed by atoms with Gasteiger partial charge in [0.25, 0.3) is 0 Å². The third-order valence-corrected chi connectivity index (χ3v) is 3.41. The number of hydrogen-bond acceptors (Lipinski definition) is 2. The van der Waals surface area contributed by atoms with Gasteiger partial charge in [0.05, 0.1) is 0 Å². The molecule has 2 heteroatoms. The molecule has 0 aliphatic rings. The Bertz CT molecular complexity index is 276. The van der Waals surface area contributed by atoms with Crippen LogP contribution in [0.25, 0.3) is 0 Å². The highest BCUT2D eigenvalue weighted by atomic mass is 32.2. The number of benzene rings is 1. The average molecular weight is 209 g/mol. The van der Waals surface area contributed by atoms with Crippen LogP contribution in [-0.2, 0) is 5.75 Å². The van der Waals surface area contributed by atoms with Gasteiger partial charge in [-0.1, -0.05) is 36.2 Å². The Kier molecular flexibility index (Phi) is 4.49. The van der Waals surface area contributed by atoms with Crippen LogP contribution < -0.4 is 5.73 Å². The smallest absolute Gasteiger partial charge is 0.0187 e. The summed E-state index contributed by atoms with van der Waals surface area (Å²) in [4.78, 5) is 0. The highest BCUT2D eigenvalue weighted by molar-refractivity contribution is 7.99. The van der Waals surface area contributed by atoms with Gasteiger partial charge < -0.3 is 5.73 Å². The molecule has 0 fully saturated rings. The van der Waals surface area contributed by atoms with E-state index < -0.39 is 0 Å². The second-order valence-electron chi connectivity index (χ2n) is 3.85. The average Bonchev–Trinajstić information content (AvgIpc) is 2.12. The summed E-state index contributed by atoms with van der Waals surface area (Å²) in [6, 6.07) is 6.72. The summed E-state index contributed by atoms with van der Waals surface area (Å²) < 4.78 is 0. The summed E-state index contributed by atoms with van der Waals surface area (Å²) in [6.07, 6.45) is 0. The number of aryl methyl sites for hydroxylation is 2. The topological polar surface area (TPSA) is 26.0 Å². The maximum absolute atomic E-state index is 5.58. The Morgan fingerprint density at radius 1 is 1.21 bits per heavy atom. The molecule has 0 aliphatic heterocycles. The minimum atomic E-state index is 0.552. The van der Waals surface area contributed by atoms with Crippen molar-refractivity contribution < 1.29 is 0 Å². The van der Waals surface area contributed by atoms with Gasteiger partial charge in [0.15, 0.2) is 0 Å². The van der Waals surface area contributed by atoms with Crippen LogP contribution in [0.1, 0.15) is 23.6 Å². The van der Waals surface area contributed by atoms with Gasteiger partial charge >= 0.3 is 0 Å². The molecule has 2 N–H and O–H groups in total. The second kappa shape index (κ2) is 5.42. The van der Waals surface area contributed by atoms with Gasteiger partial charge in [-0.15, -0.1) is 0 Å². The van der Waals surface area contributed by atoms with Crippen molar-refractivity contribution in [3.63, 3.8) is 0 Å². The van der Waals surface area contributed by atoms with E-state index in [0.29, 0.717) is 5.25 Å². The molecular weight excluding hydrogens is 190 g/mol. The van der Waals surface area contributed by atoms with Crippen molar-refractivity contribution >= 4 is 11.8 Å². The van der Waals surface area contributed by atoms with Gasteiger partial charge in [0.1, 0.15) is 0 Å². The first kappa shape index (κ1) is 11.6. The summed E-state index contributed by atoms with van der Waals surface area (Å²) >= 11 is 1.92. The fraction of sp³-hybridized carbons (Fsp3) is 0.500. The molecule has 1 unspecified atom stereocenters. The normalized spacial score (nSPS) is 12.9. The summed E-state index contributed by atoms with van der Waals surface area (Å²) in [5, 5.41) is 0.552. The van der Waals surface area contributed by atoms with E-state index in [2.05, 4.69) is 39.0 Å². The predicted molar refractivity (Wildman–Crippen MR) is 65.7 cm³/mol. The molecule has 0 amide bonds. The van der Waals surface area contributed by atoms with Crippen molar-refractivity contribution in [3.05, 3.63) is 34.9 Å². The molecule has 0 saturated heterocycles. The van der Waals surface area contributed by atoms with Gasteiger partial charge in [-0.25, -0.2) is 0 Å². The Balaban J connectivity index is 2.58. The van der Waals surface area contributed by atoms with Crippen molar-refractivity contribution in [3.8, 4) is 0 Å². The number of nitrogens with two attached hydrogens (primary N) is 1. The van der Waals surface area contributed by atoms with Crippen molar-refractivity contribution in [1.82, 2.24) is 0 Å². The van der Waals surface area contributed by atoms with E-state index >= 15 is 0 Å². The predicted octanol–water partition coefficient (Wildman–Crippen LogP) is 2.88. The van der Waals surface area contributed by atoms with Gasteiger partial charge in [-0.05, 0) is 19.4 Å². The molecular formula is C12H19NS. The minimum absolute atomic E-state index is 0.552. The molecule has 1 rings (SSSR count). The summed E-state index contributed by atoms with van der Waals surface area (Å²) in [7, 11) is 0. The maximum Gasteiger partial charge on any atom is 0.0187 e. The Morgan fingerprint density at radius 2 is 1.79 bits per heavy atom. The zero-order valence-electron chi connectivity index (χ0n) is 9.21. The van der Waals surface area contributed by atoms with Crippen LogP contribution in [0.3, 0.4) is 0 Å². The van der Waals surface area contributed by atoms with Crippen LogP contribution in [0, 0.1) is 13.8 Å². The van der Waals surface area contributed by atoms with Crippen LogP contribution in [0.2, 0.25) is 0 Å². The van der Waals surface area contributed by atoms with Crippen LogP contribution in [-0.4, -0.2) is 11.8 Å². The monoisotopic (exact) mass is 209 g/mol. The SMILES string of the molecule is Cc1cc(C)cc(CSC(C)CN)c1. The zero-order valence-corrected chi connectivity index (χ0v) is 10.0. The van der Waals surface area contributed by atoms with Crippen LogP contribution in [0.5, 0.6) is 0 Å². The second-order valence-corrected chi connectivity index (χ2v) is 5.28. The van der Waals surface area contributed by atoms with Crippen LogP contribution >= 0.6 is 11.8 Å². The highest BCUT2D eigenvalue weighted by Crippen LogP contribution is 2.18. The molecule has 1 aromatic rings. The van der Waals surface area contributed by atoms with Crippen molar-refractivity contribution in [2.24, 2.45) is 5.73 Å². The van der Waals surface area contributed by atoms with Crippen molar-refractivity contribution in [2.75, 3.05) is 6.54 Å². The van der Waals surface area contributed by atoms with E-state index in [4.69, 9.17) is 5.73 Å². The first-order valence-electron chi connectivity index (χ1n) is 5.00. The molecule has 0 aliphatic carbocycles. The van der Waals surface area contributed by atoms with E-state index in [-0.39, 0.29) is 0 Å². The largest absolute Gasteiger partial charge is 0.329 e. The van der Waals surface area contributed by atoms with Gasteiger partial charge in [-0.3, -0.25) is 0 Å². The molecule has 1 atom stereocenters. The Labute approximate surface area is 91.1 Å². The third kappa shape index (κ3) is 3.72. The van der Waals surface area contributed by atoms with Gasteiger partial charge in [0.2, 0.25) is 0 Å². The summed E-state index contributed by atoms with van der Waals surface area (Å²) in [6.45, 7) is 7.23. The molecule has 1 nitrogen and oxygen atoms in total. The molecule has 0 bridgehead atoms. The lowest BCUT2D eigenvalue weighted by molar-refractivity contribution is 0.950. The lowest BCUT2D eigenvalue weighted by Crippen LogP contribution is -2.12. The highest BCUT2D eigenvalue weighted by Gasteiger charge is 2.01. The lowest BCUT2D eigenvalue weighted by Gasteiger charge is -2.09. The van der Waals surface area contributed by atoms with E-state index in [1.54, 1.807) is 0 Å². The molecule has 78 valence electrons. The lowest BCUT2D eigenvalue weighted by atomic mass is 10.1. The zero-order chi connectivity index (χ0) is 10.6. The van der Waals surface area contributed by atoms with Crippen molar-refractivity contribution in [2.45, 2.75) is 31.8 Å². The first-order valence-corrected chi connectivity index (χ1v) is 6.05. The van der Waals surface area contributed by atoms with E-state index in [1.807, 2.05) is 11.8 Å². The number of thioether (sulfide) groups is 1. The maximum atomic E-state index is 5.58. The third-order valence-electron chi connectivity index (χ3n) is 2.15. The molecule has 14 heavy (non-hydrogen) atoms.